The van der Waals surface area contributed by atoms with Gasteiger partial charge < -0.3 is 9.47 Å². The van der Waals surface area contributed by atoms with E-state index in [1.807, 2.05) is 18.3 Å². The monoisotopic (exact) mass is 260 g/mol. The minimum Gasteiger partial charge on any atom is -0.347 e. The van der Waals surface area contributed by atoms with Gasteiger partial charge in [-0.05, 0) is 51.1 Å². The summed E-state index contributed by atoms with van der Waals surface area (Å²) in [5.74, 6) is -0.119. The van der Waals surface area contributed by atoms with E-state index in [0.29, 0.717) is 6.04 Å². The third kappa shape index (κ3) is 2.52. The zero-order chi connectivity index (χ0) is 13.2. The van der Waals surface area contributed by atoms with E-state index in [1.165, 1.54) is 31.9 Å². The van der Waals surface area contributed by atoms with Gasteiger partial charge in [-0.25, -0.2) is 4.39 Å². The van der Waals surface area contributed by atoms with E-state index in [9.17, 15) is 4.39 Å². The predicted molar refractivity (Wildman–Crippen MR) is 76.8 cm³/mol. The Bertz CT molecular complexity index is 561. The molecule has 0 radical (unpaired) electrons. The molecule has 102 valence electrons. The second kappa shape index (κ2) is 5.33. The van der Waals surface area contributed by atoms with Crippen LogP contribution in [0.3, 0.4) is 0 Å². The molecular formula is C16H21FN2. The average molecular weight is 260 g/mol. The molecule has 1 unspecified atom stereocenters. The van der Waals surface area contributed by atoms with E-state index < -0.39 is 0 Å². The Morgan fingerprint density at radius 1 is 1.26 bits per heavy atom. The van der Waals surface area contributed by atoms with Crippen LogP contribution in [-0.2, 0) is 6.54 Å². The molecule has 1 saturated heterocycles. The van der Waals surface area contributed by atoms with E-state index in [1.54, 1.807) is 6.07 Å². The summed E-state index contributed by atoms with van der Waals surface area (Å²) in [6, 6.07) is 7.89. The third-order valence-corrected chi connectivity index (χ3v) is 4.39. The minimum atomic E-state index is -0.119. The van der Waals surface area contributed by atoms with Crippen LogP contribution in [0.5, 0.6) is 0 Å². The lowest BCUT2D eigenvalue weighted by Crippen LogP contribution is -2.36. The van der Waals surface area contributed by atoms with Crippen molar-refractivity contribution in [3.05, 3.63) is 36.3 Å². The molecule has 1 fully saturated rings. The Balaban J connectivity index is 1.73. The van der Waals surface area contributed by atoms with Crippen molar-refractivity contribution >= 4 is 10.9 Å². The van der Waals surface area contributed by atoms with Crippen molar-refractivity contribution in [3.63, 3.8) is 0 Å². The van der Waals surface area contributed by atoms with Gasteiger partial charge in [0, 0.05) is 24.2 Å². The summed E-state index contributed by atoms with van der Waals surface area (Å²) in [5, 5.41) is 0.736. The Morgan fingerprint density at radius 2 is 2.16 bits per heavy atom. The molecule has 2 aromatic rings. The van der Waals surface area contributed by atoms with E-state index in [-0.39, 0.29) is 5.82 Å². The predicted octanol–water partition coefficient (Wildman–Crippen LogP) is 3.65. The van der Waals surface area contributed by atoms with E-state index in [0.717, 1.165) is 23.9 Å². The number of hydrogen-bond acceptors (Lipinski definition) is 1. The lowest BCUT2D eigenvalue weighted by atomic mass is 10.0. The Hall–Kier alpha value is -1.35. The zero-order valence-corrected chi connectivity index (χ0v) is 11.5. The maximum absolute atomic E-state index is 13.6. The summed E-state index contributed by atoms with van der Waals surface area (Å²) in [7, 11) is 2.22. The fraction of sp³-hybridized carbons (Fsp3) is 0.500. The van der Waals surface area contributed by atoms with Gasteiger partial charge in [0.1, 0.15) is 5.82 Å². The molecule has 0 amide bonds. The highest BCUT2D eigenvalue weighted by Gasteiger charge is 2.18. The van der Waals surface area contributed by atoms with Crippen molar-refractivity contribution in [2.45, 2.75) is 38.3 Å². The molecule has 3 rings (SSSR count). The van der Waals surface area contributed by atoms with Gasteiger partial charge in [-0.1, -0.05) is 12.5 Å². The topological polar surface area (TPSA) is 8.17 Å². The van der Waals surface area contributed by atoms with Gasteiger partial charge in [0.2, 0.25) is 0 Å². The van der Waals surface area contributed by atoms with Crippen LogP contribution in [0.25, 0.3) is 10.9 Å². The first-order chi connectivity index (χ1) is 9.25. The zero-order valence-electron chi connectivity index (χ0n) is 11.5. The lowest BCUT2D eigenvalue weighted by molar-refractivity contribution is 0.171. The maximum atomic E-state index is 13.6. The standard InChI is InChI=1S/C16H21FN2/c1-18-10-3-2-5-13(18)8-11-19-12-9-14-15(17)6-4-7-16(14)19/h4,6-7,9,12-13H,2-3,5,8,10-11H2,1H3. The molecule has 2 nitrogen and oxygen atoms in total. The highest BCUT2D eigenvalue weighted by Crippen LogP contribution is 2.22. The molecule has 1 atom stereocenters. The van der Waals surface area contributed by atoms with Gasteiger partial charge in [0.25, 0.3) is 0 Å². The molecule has 1 aromatic carbocycles. The largest absolute Gasteiger partial charge is 0.347 e. The van der Waals surface area contributed by atoms with Crippen molar-refractivity contribution in [1.29, 1.82) is 0 Å². The van der Waals surface area contributed by atoms with Gasteiger partial charge in [0.05, 0.1) is 5.52 Å². The van der Waals surface area contributed by atoms with Crippen molar-refractivity contribution in [2.75, 3.05) is 13.6 Å². The van der Waals surface area contributed by atoms with Gasteiger partial charge in [-0.2, -0.15) is 0 Å². The lowest BCUT2D eigenvalue weighted by Gasteiger charge is -2.32. The van der Waals surface area contributed by atoms with E-state index in [2.05, 4.69) is 16.5 Å². The fourth-order valence-corrected chi connectivity index (χ4v) is 3.18. The molecule has 0 spiro atoms. The molecule has 0 saturated carbocycles. The number of benzene rings is 1. The molecule has 0 N–H and O–H groups in total. The molecule has 2 heterocycles. The first kappa shape index (κ1) is 12.7. The number of rotatable bonds is 3. The average Bonchev–Trinajstić information content (AvgIpc) is 2.83. The van der Waals surface area contributed by atoms with Gasteiger partial charge in [-0.15, -0.1) is 0 Å². The van der Waals surface area contributed by atoms with Crippen LogP contribution in [0.2, 0.25) is 0 Å². The van der Waals surface area contributed by atoms with Gasteiger partial charge >= 0.3 is 0 Å². The number of likely N-dealkylation sites (tertiary alicyclic amines) is 1. The number of aryl methyl sites for hydroxylation is 1. The molecule has 19 heavy (non-hydrogen) atoms. The molecular weight excluding hydrogens is 239 g/mol. The number of piperidine rings is 1. The highest BCUT2D eigenvalue weighted by molar-refractivity contribution is 5.80. The normalized spacial score (nSPS) is 21.1. The Kier molecular flexibility index (Phi) is 3.56. The number of nitrogens with zero attached hydrogens (tertiary/aromatic N) is 2. The van der Waals surface area contributed by atoms with Crippen molar-refractivity contribution < 1.29 is 4.39 Å². The molecule has 0 bridgehead atoms. The van der Waals surface area contributed by atoms with E-state index in [4.69, 9.17) is 0 Å². The van der Waals surface area contributed by atoms with Gasteiger partial charge in [0.15, 0.2) is 0 Å². The van der Waals surface area contributed by atoms with Crippen LogP contribution in [0.1, 0.15) is 25.7 Å². The number of hydrogen-bond donors (Lipinski definition) is 0. The SMILES string of the molecule is CN1CCCCC1CCn1ccc2c(F)cccc21. The number of fused-ring (bicyclic) bond motifs is 1. The van der Waals surface area contributed by atoms with Crippen LogP contribution in [0.4, 0.5) is 4.39 Å². The molecule has 1 aliphatic heterocycles. The second-order valence-electron chi connectivity index (χ2n) is 5.60. The molecule has 1 aliphatic rings. The number of aromatic nitrogens is 1. The van der Waals surface area contributed by atoms with Crippen LogP contribution in [0, 0.1) is 5.82 Å². The van der Waals surface area contributed by atoms with Crippen LogP contribution in [-0.4, -0.2) is 29.1 Å². The van der Waals surface area contributed by atoms with Crippen LogP contribution < -0.4 is 0 Å². The van der Waals surface area contributed by atoms with Crippen LogP contribution >= 0.6 is 0 Å². The fourth-order valence-electron chi connectivity index (χ4n) is 3.18. The summed E-state index contributed by atoms with van der Waals surface area (Å²) in [6.45, 7) is 2.19. The highest BCUT2D eigenvalue weighted by atomic mass is 19.1. The second-order valence-corrected chi connectivity index (χ2v) is 5.60. The van der Waals surface area contributed by atoms with Gasteiger partial charge in [-0.3, -0.25) is 0 Å². The molecule has 1 aromatic heterocycles. The maximum Gasteiger partial charge on any atom is 0.132 e. The van der Waals surface area contributed by atoms with Crippen molar-refractivity contribution in [1.82, 2.24) is 9.47 Å². The summed E-state index contributed by atoms with van der Waals surface area (Å²) in [4.78, 5) is 2.47. The summed E-state index contributed by atoms with van der Waals surface area (Å²) >= 11 is 0. The Morgan fingerprint density at radius 3 is 3.00 bits per heavy atom. The Labute approximate surface area is 113 Å². The smallest absolute Gasteiger partial charge is 0.132 e. The summed E-state index contributed by atoms with van der Waals surface area (Å²) in [6.07, 6.45) is 7.12. The van der Waals surface area contributed by atoms with E-state index >= 15 is 0 Å². The number of halogens is 1. The van der Waals surface area contributed by atoms with Crippen LogP contribution in [0.15, 0.2) is 30.5 Å². The molecule has 3 heteroatoms. The third-order valence-electron chi connectivity index (χ3n) is 4.39. The van der Waals surface area contributed by atoms with Crippen molar-refractivity contribution in [3.8, 4) is 0 Å². The minimum absolute atomic E-state index is 0.119. The quantitative estimate of drug-likeness (QED) is 0.817. The van der Waals surface area contributed by atoms with Crippen molar-refractivity contribution in [2.24, 2.45) is 0 Å². The summed E-state index contributed by atoms with van der Waals surface area (Å²) in [5.41, 5.74) is 1.01. The summed E-state index contributed by atoms with van der Waals surface area (Å²) < 4.78 is 15.8. The first-order valence-electron chi connectivity index (χ1n) is 7.19. The molecule has 0 aliphatic carbocycles. The first-order valence-corrected chi connectivity index (χ1v) is 7.19.